The highest BCUT2D eigenvalue weighted by Gasteiger charge is 2.04. The fourth-order valence-corrected chi connectivity index (χ4v) is 0.489. The lowest BCUT2D eigenvalue weighted by atomic mass is 10.1. The molecule has 0 saturated heterocycles. The molecule has 0 bridgehead atoms. The van der Waals surface area contributed by atoms with E-state index in [4.69, 9.17) is 15.9 Å². The maximum Gasteiger partial charge on any atom is 0.102 e. The van der Waals surface area contributed by atoms with Crippen LogP contribution in [0.2, 0.25) is 0 Å². The summed E-state index contributed by atoms with van der Waals surface area (Å²) >= 11 is 0. The fourth-order valence-electron chi connectivity index (χ4n) is 0.489. The molecule has 0 heterocycles. The summed E-state index contributed by atoms with van der Waals surface area (Å²) in [6.07, 6.45) is 0.880. The van der Waals surface area contributed by atoms with E-state index in [0.717, 1.165) is 0 Å². The zero-order chi connectivity index (χ0) is 8.15. The molecule has 0 radical (unpaired) electrons. The van der Waals surface area contributed by atoms with E-state index in [-0.39, 0.29) is 11.5 Å². The van der Waals surface area contributed by atoms with Crippen molar-refractivity contribution in [3.63, 3.8) is 0 Å². The maximum atomic E-state index is 8.70. The lowest BCUT2D eigenvalue weighted by molar-refractivity contribution is 0.343. The monoisotopic (exact) mass is 143 g/mol. The van der Waals surface area contributed by atoms with Crippen molar-refractivity contribution in [3.8, 4) is 0 Å². The Labute approximate surface area is 60.5 Å². The van der Waals surface area contributed by atoms with Crippen LogP contribution in [0.1, 0.15) is 12.8 Å². The number of aliphatic hydroxyl groups excluding tert-OH is 2. The molecule has 3 heteroatoms. The SMILES string of the molecule is C=C(O)CC[C@H](N)C(=C)O. The molecule has 0 fully saturated rings. The Morgan fingerprint density at radius 2 is 1.90 bits per heavy atom. The van der Waals surface area contributed by atoms with Crippen molar-refractivity contribution in [2.45, 2.75) is 18.9 Å². The average Bonchev–Trinajstić information content (AvgIpc) is 1.82. The smallest absolute Gasteiger partial charge is 0.102 e. The standard InChI is InChI=1S/C7H13NO2/c1-5(9)3-4-7(8)6(2)10/h7,9-10H,1-4,8H2/t7-/m0/s1. The molecule has 3 nitrogen and oxygen atoms in total. The van der Waals surface area contributed by atoms with Crippen LogP contribution in [-0.2, 0) is 0 Å². The second kappa shape index (κ2) is 3.95. The molecule has 4 N–H and O–H groups in total. The molecule has 0 aromatic carbocycles. The summed E-state index contributed by atoms with van der Waals surface area (Å²) in [5.74, 6) is 0.0259. The second-order valence-electron chi connectivity index (χ2n) is 2.20. The van der Waals surface area contributed by atoms with E-state index >= 15 is 0 Å². The van der Waals surface area contributed by atoms with Gasteiger partial charge in [0.1, 0.15) is 5.76 Å². The van der Waals surface area contributed by atoms with Crippen molar-refractivity contribution in [1.82, 2.24) is 0 Å². The molecule has 1 atom stereocenters. The minimum absolute atomic E-state index is 0.0544. The molecular formula is C7H13NO2. The highest BCUT2D eigenvalue weighted by atomic mass is 16.3. The summed E-state index contributed by atoms with van der Waals surface area (Å²) in [6, 6.07) is -0.455. The Morgan fingerprint density at radius 3 is 2.20 bits per heavy atom. The number of allylic oxidation sites excluding steroid dienone is 1. The maximum absolute atomic E-state index is 8.70. The fraction of sp³-hybridized carbons (Fsp3) is 0.429. The van der Waals surface area contributed by atoms with Gasteiger partial charge in [0, 0.05) is 6.42 Å². The van der Waals surface area contributed by atoms with E-state index in [1.54, 1.807) is 0 Å². The lowest BCUT2D eigenvalue weighted by Crippen LogP contribution is -2.21. The second-order valence-corrected chi connectivity index (χ2v) is 2.20. The van der Waals surface area contributed by atoms with Gasteiger partial charge in [-0.25, -0.2) is 0 Å². The van der Waals surface area contributed by atoms with Gasteiger partial charge in [-0.1, -0.05) is 13.2 Å². The first kappa shape index (κ1) is 9.04. The molecular weight excluding hydrogens is 130 g/mol. The van der Waals surface area contributed by atoms with Gasteiger partial charge >= 0.3 is 0 Å². The van der Waals surface area contributed by atoms with Crippen LogP contribution in [-0.4, -0.2) is 16.3 Å². The average molecular weight is 143 g/mol. The van der Waals surface area contributed by atoms with Crippen LogP contribution < -0.4 is 5.73 Å². The molecule has 0 rings (SSSR count). The van der Waals surface area contributed by atoms with Crippen LogP contribution >= 0.6 is 0 Å². The molecule has 0 saturated carbocycles. The Morgan fingerprint density at radius 1 is 1.40 bits per heavy atom. The van der Waals surface area contributed by atoms with Gasteiger partial charge in [-0.05, 0) is 6.42 Å². The molecule has 0 aromatic heterocycles. The van der Waals surface area contributed by atoms with E-state index < -0.39 is 6.04 Å². The molecule has 0 amide bonds. The summed E-state index contributed by atoms with van der Waals surface area (Å²) < 4.78 is 0. The van der Waals surface area contributed by atoms with Gasteiger partial charge in [-0.3, -0.25) is 0 Å². The Kier molecular flexibility index (Phi) is 3.57. The minimum atomic E-state index is -0.455. The first-order chi connectivity index (χ1) is 4.54. The third kappa shape index (κ3) is 3.97. The van der Waals surface area contributed by atoms with E-state index in [0.29, 0.717) is 12.8 Å². The van der Waals surface area contributed by atoms with Gasteiger partial charge in [-0.2, -0.15) is 0 Å². The Balaban J connectivity index is 3.49. The van der Waals surface area contributed by atoms with Gasteiger partial charge in [0.2, 0.25) is 0 Å². The van der Waals surface area contributed by atoms with E-state index in [1.165, 1.54) is 0 Å². The van der Waals surface area contributed by atoms with Gasteiger partial charge in [0.25, 0.3) is 0 Å². The third-order valence-corrected chi connectivity index (χ3v) is 1.17. The van der Waals surface area contributed by atoms with E-state index in [1.807, 2.05) is 0 Å². The normalized spacial score (nSPS) is 12.5. The molecule has 58 valence electrons. The van der Waals surface area contributed by atoms with Crippen LogP contribution in [0.25, 0.3) is 0 Å². The van der Waals surface area contributed by atoms with Crippen molar-refractivity contribution in [2.75, 3.05) is 0 Å². The Hall–Kier alpha value is -0.960. The highest BCUT2D eigenvalue weighted by molar-refractivity contribution is 4.94. The van der Waals surface area contributed by atoms with Gasteiger partial charge < -0.3 is 15.9 Å². The summed E-state index contributed by atoms with van der Waals surface area (Å²) in [5, 5.41) is 17.3. The lowest BCUT2D eigenvalue weighted by Gasteiger charge is -2.07. The van der Waals surface area contributed by atoms with Crippen LogP contribution in [0.3, 0.4) is 0 Å². The summed E-state index contributed by atoms with van der Waals surface area (Å²) in [6.45, 7) is 6.53. The van der Waals surface area contributed by atoms with Crippen LogP contribution in [0, 0.1) is 0 Å². The van der Waals surface area contributed by atoms with Crippen LogP contribution in [0.15, 0.2) is 24.7 Å². The van der Waals surface area contributed by atoms with Crippen LogP contribution in [0.4, 0.5) is 0 Å². The highest BCUT2D eigenvalue weighted by Crippen LogP contribution is 2.04. The van der Waals surface area contributed by atoms with Crippen molar-refractivity contribution in [2.24, 2.45) is 5.73 Å². The molecule has 0 spiro atoms. The zero-order valence-corrected chi connectivity index (χ0v) is 5.88. The molecule has 0 aliphatic rings. The summed E-state index contributed by atoms with van der Waals surface area (Å²) in [7, 11) is 0. The van der Waals surface area contributed by atoms with E-state index in [9.17, 15) is 0 Å². The quantitative estimate of drug-likeness (QED) is 0.518. The summed E-state index contributed by atoms with van der Waals surface area (Å²) in [5.41, 5.74) is 5.36. The number of aliphatic hydroxyl groups is 2. The predicted octanol–water partition coefficient (Wildman–Crippen LogP) is 1.24. The molecule has 0 unspecified atom stereocenters. The third-order valence-electron chi connectivity index (χ3n) is 1.17. The van der Waals surface area contributed by atoms with Gasteiger partial charge in [0.15, 0.2) is 0 Å². The van der Waals surface area contributed by atoms with Crippen molar-refractivity contribution >= 4 is 0 Å². The predicted molar refractivity (Wildman–Crippen MR) is 40.7 cm³/mol. The minimum Gasteiger partial charge on any atom is -0.513 e. The van der Waals surface area contributed by atoms with Crippen LogP contribution in [0.5, 0.6) is 0 Å². The largest absolute Gasteiger partial charge is 0.513 e. The molecule has 0 aromatic rings. The Bertz CT molecular complexity index is 143. The zero-order valence-electron chi connectivity index (χ0n) is 5.88. The molecule has 10 heavy (non-hydrogen) atoms. The van der Waals surface area contributed by atoms with Gasteiger partial charge in [0.05, 0.1) is 11.8 Å². The number of rotatable bonds is 4. The molecule has 0 aliphatic carbocycles. The number of hydrogen-bond acceptors (Lipinski definition) is 3. The number of hydrogen-bond donors (Lipinski definition) is 3. The topological polar surface area (TPSA) is 66.5 Å². The van der Waals surface area contributed by atoms with E-state index in [2.05, 4.69) is 13.2 Å². The van der Waals surface area contributed by atoms with Gasteiger partial charge in [-0.15, -0.1) is 0 Å². The van der Waals surface area contributed by atoms with Crippen molar-refractivity contribution in [3.05, 3.63) is 24.7 Å². The van der Waals surface area contributed by atoms with Crippen molar-refractivity contribution < 1.29 is 10.2 Å². The first-order valence-corrected chi connectivity index (χ1v) is 3.04. The summed E-state index contributed by atoms with van der Waals surface area (Å²) in [4.78, 5) is 0. The van der Waals surface area contributed by atoms with Crippen molar-refractivity contribution in [1.29, 1.82) is 0 Å². The first-order valence-electron chi connectivity index (χ1n) is 3.04. The number of nitrogens with two attached hydrogens (primary N) is 1. The molecule has 0 aliphatic heterocycles.